The van der Waals surface area contributed by atoms with Crippen molar-refractivity contribution < 1.29 is 14.0 Å². The SMILES string of the molecule is Cc1cccc(C(=O)NCCN2CCNCC2)c1NC(=O)c1ccccc1F.Cl. The van der Waals surface area contributed by atoms with Crippen LogP contribution in [0.15, 0.2) is 42.5 Å². The molecule has 3 rings (SSSR count). The van der Waals surface area contributed by atoms with Crippen LogP contribution in [0.3, 0.4) is 0 Å². The summed E-state index contributed by atoms with van der Waals surface area (Å²) in [5.41, 5.74) is 1.44. The largest absolute Gasteiger partial charge is 0.351 e. The van der Waals surface area contributed by atoms with E-state index >= 15 is 0 Å². The van der Waals surface area contributed by atoms with Gasteiger partial charge in [0.05, 0.1) is 16.8 Å². The molecule has 3 N–H and O–H groups in total. The van der Waals surface area contributed by atoms with Gasteiger partial charge in [-0.3, -0.25) is 14.5 Å². The first kappa shape index (κ1) is 22.8. The molecular formula is C21H26ClFN4O2. The molecule has 8 heteroatoms. The van der Waals surface area contributed by atoms with E-state index in [-0.39, 0.29) is 23.9 Å². The minimum Gasteiger partial charge on any atom is -0.351 e. The number of rotatable bonds is 6. The molecule has 2 aromatic rings. The summed E-state index contributed by atoms with van der Waals surface area (Å²) in [6.45, 7) is 6.93. The fourth-order valence-corrected chi connectivity index (χ4v) is 3.21. The lowest BCUT2D eigenvalue weighted by molar-refractivity contribution is 0.0948. The Morgan fingerprint density at radius 2 is 1.72 bits per heavy atom. The molecule has 29 heavy (non-hydrogen) atoms. The van der Waals surface area contributed by atoms with Gasteiger partial charge >= 0.3 is 0 Å². The van der Waals surface area contributed by atoms with Crippen LogP contribution in [0.4, 0.5) is 10.1 Å². The summed E-state index contributed by atoms with van der Waals surface area (Å²) in [5.74, 6) is -1.44. The Bertz CT molecular complexity index is 856. The number of carbonyl (C=O) groups is 2. The first-order valence-corrected chi connectivity index (χ1v) is 9.43. The zero-order valence-electron chi connectivity index (χ0n) is 16.3. The number of amides is 2. The Balaban J connectivity index is 0.00000300. The Kier molecular flexibility index (Phi) is 8.57. The van der Waals surface area contributed by atoms with Gasteiger partial charge in [-0.15, -0.1) is 12.4 Å². The molecule has 1 fully saturated rings. The topological polar surface area (TPSA) is 73.5 Å². The van der Waals surface area contributed by atoms with Gasteiger partial charge < -0.3 is 16.0 Å². The maximum atomic E-state index is 13.9. The molecule has 156 valence electrons. The molecule has 0 aromatic heterocycles. The van der Waals surface area contributed by atoms with Crippen molar-refractivity contribution in [3.63, 3.8) is 0 Å². The summed E-state index contributed by atoms with van der Waals surface area (Å²) in [7, 11) is 0. The highest BCUT2D eigenvalue weighted by Crippen LogP contribution is 2.22. The highest BCUT2D eigenvalue weighted by Gasteiger charge is 2.18. The lowest BCUT2D eigenvalue weighted by Gasteiger charge is -2.27. The zero-order valence-corrected chi connectivity index (χ0v) is 17.2. The Labute approximate surface area is 176 Å². The number of hydrogen-bond acceptors (Lipinski definition) is 4. The van der Waals surface area contributed by atoms with Gasteiger partial charge in [-0.05, 0) is 30.7 Å². The van der Waals surface area contributed by atoms with Crippen LogP contribution in [0.25, 0.3) is 0 Å². The standard InChI is InChI=1S/C21H25FN4O2.ClH/c1-15-5-4-7-17(20(27)24-11-14-26-12-9-23-10-13-26)19(15)25-21(28)16-6-2-3-8-18(16)22;/h2-8,23H,9-14H2,1H3,(H,24,27)(H,25,28);1H. The van der Waals surface area contributed by atoms with Crippen molar-refractivity contribution in [2.24, 2.45) is 0 Å². The molecule has 1 heterocycles. The van der Waals surface area contributed by atoms with E-state index in [9.17, 15) is 14.0 Å². The van der Waals surface area contributed by atoms with Gasteiger partial charge in [0.15, 0.2) is 0 Å². The Hall–Kier alpha value is -2.48. The lowest BCUT2D eigenvalue weighted by atomic mass is 10.1. The van der Waals surface area contributed by atoms with E-state index in [1.165, 1.54) is 18.2 Å². The van der Waals surface area contributed by atoms with Crippen LogP contribution in [-0.2, 0) is 0 Å². The van der Waals surface area contributed by atoms with E-state index in [0.29, 0.717) is 17.8 Å². The van der Waals surface area contributed by atoms with Gasteiger partial charge in [0.25, 0.3) is 11.8 Å². The van der Waals surface area contributed by atoms with E-state index in [2.05, 4.69) is 20.9 Å². The summed E-state index contributed by atoms with van der Waals surface area (Å²) < 4.78 is 13.9. The van der Waals surface area contributed by atoms with E-state index in [0.717, 1.165) is 38.3 Å². The smallest absolute Gasteiger partial charge is 0.258 e. The number of hydrogen-bond donors (Lipinski definition) is 3. The minimum absolute atomic E-state index is 0. The van der Waals surface area contributed by atoms with E-state index < -0.39 is 11.7 Å². The van der Waals surface area contributed by atoms with Crippen LogP contribution in [0.5, 0.6) is 0 Å². The molecule has 1 saturated heterocycles. The lowest BCUT2D eigenvalue weighted by Crippen LogP contribution is -2.46. The first-order chi connectivity index (χ1) is 13.6. The number of piperazine rings is 1. The van der Waals surface area contributed by atoms with Crippen molar-refractivity contribution in [1.82, 2.24) is 15.5 Å². The maximum absolute atomic E-state index is 13.9. The van der Waals surface area contributed by atoms with Gasteiger partial charge in [-0.25, -0.2) is 4.39 Å². The maximum Gasteiger partial charge on any atom is 0.258 e. The molecule has 1 aliphatic rings. The summed E-state index contributed by atoms with van der Waals surface area (Å²) >= 11 is 0. The quantitative estimate of drug-likeness (QED) is 0.671. The van der Waals surface area contributed by atoms with E-state index in [1.807, 2.05) is 0 Å². The molecule has 0 atom stereocenters. The van der Waals surface area contributed by atoms with Gasteiger partial charge in [-0.2, -0.15) is 0 Å². The molecule has 2 aromatic carbocycles. The van der Waals surface area contributed by atoms with Crippen molar-refractivity contribution in [3.8, 4) is 0 Å². The summed E-state index contributed by atoms with van der Waals surface area (Å²) in [4.78, 5) is 27.4. The highest BCUT2D eigenvalue weighted by atomic mass is 35.5. The summed E-state index contributed by atoms with van der Waals surface area (Å²) in [6, 6.07) is 11.0. The van der Waals surface area contributed by atoms with Crippen molar-refractivity contribution in [2.45, 2.75) is 6.92 Å². The number of nitrogens with one attached hydrogen (secondary N) is 3. The number of para-hydroxylation sites is 1. The third kappa shape index (κ3) is 6.00. The molecular weight excluding hydrogens is 395 g/mol. The van der Waals surface area contributed by atoms with E-state index in [1.54, 1.807) is 31.2 Å². The Morgan fingerprint density at radius 1 is 1.03 bits per heavy atom. The molecule has 0 bridgehead atoms. The van der Waals surface area contributed by atoms with Crippen molar-refractivity contribution in [2.75, 3.05) is 44.6 Å². The second-order valence-corrected chi connectivity index (χ2v) is 6.78. The summed E-state index contributed by atoms with van der Waals surface area (Å²) in [6.07, 6.45) is 0. The second kappa shape index (κ2) is 10.9. The molecule has 0 unspecified atom stereocenters. The van der Waals surface area contributed by atoms with Gasteiger partial charge in [-0.1, -0.05) is 24.3 Å². The van der Waals surface area contributed by atoms with Gasteiger partial charge in [0.2, 0.25) is 0 Å². The number of halogens is 2. The van der Waals surface area contributed by atoms with E-state index in [4.69, 9.17) is 0 Å². The molecule has 0 saturated carbocycles. The van der Waals surface area contributed by atoms with Crippen molar-refractivity contribution >= 4 is 29.9 Å². The van der Waals surface area contributed by atoms with Crippen LogP contribution < -0.4 is 16.0 Å². The molecule has 0 aliphatic carbocycles. The first-order valence-electron chi connectivity index (χ1n) is 9.43. The Morgan fingerprint density at radius 3 is 2.45 bits per heavy atom. The van der Waals surface area contributed by atoms with Crippen LogP contribution in [-0.4, -0.2) is 56.0 Å². The van der Waals surface area contributed by atoms with Crippen LogP contribution >= 0.6 is 12.4 Å². The third-order valence-electron chi connectivity index (χ3n) is 4.80. The van der Waals surface area contributed by atoms with Crippen LogP contribution in [0, 0.1) is 12.7 Å². The molecule has 0 radical (unpaired) electrons. The fourth-order valence-electron chi connectivity index (χ4n) is 3.21. The fraction of sp³-hybridized carbons (Fsp3) is 0.333. The zero-order chi connectivity index (χ0) is 19.9. The molecule has 0 spiro atoms. The van der Waals surface area contributed by atoms with Gasteiger partial charge in [0, 0.05) is 39.3 Å². The minimum atomic E-state index is -0.601. The third-order valence-corrected chi connectivity index (χ3v) is 4.80. The van der Waals surface area contributed by atoms with Gasteiger partial charge in [0.1, 0.15) is 5.82 Å². The monoisotopic (exact) mass is 420 g/mol. The number of aryl methyl sites for hydroxylation is 1. The summed E-state index contributed by atoms with van der Waals surface area (Å²) in [5, 5.41) is 8.90. The highest BCUT2D eigenvalue weighted by molar-refractivity contribution is 6.09. The second-order valence-electron chi connectivity index (χ2n) is 6.78. The van der Waals surface area contributed by atoms with Crippen LogP contribution in [0.2, 0.25) is 0 Å². The molecule has 1 aliphatic heterocycles. The predicted molar refractivity (Wildman–Crippen MR) is 114 cm³/mol. The normalized spacial score (nSPS) is 14.0. The number of nitrogens with zero attached hydrogens (tertiary/aromatic N) is 1. The van der Waals surface area contributed by atoms with Crippen molar-refractivity contribution in [3.05, 3.63) is 65.0 Å². The number of benzene rings is 2. The van der Waals surface area contributed by atoms with Crippen LogP contribution in [0.1, 0.15) is 26.3 Å². The number of anilines is 1. The average molecular weight is 421 g/mol. The molecule has 2 amide bonds. The van der Waals surface area contributed by atoms with Crippen molar-refractivity contribution in [1.29, 1.82) is 0 Å². The molecule has 6 nitrogen and oxygen atoms in total. The number of carbonyl (C=O) groups excluding carboxylic acids is 2. The average Bonchev–Trinajstić information content (AvgIpc) is 2.70. The predicted octanol–water partition coefficient (Wildman–Crippen LogP) is 2.44.